The van der Waals surface area contributed by atoms with E-state index in [0.29, 0.717) is 13.2 Å². The average Bonchev–Trinajstić information content (AvgIpc) is 2.89. The Kier molecular flexibility index (Phi) is 34.0. The Labute approximate surface area is 224 Å². The molecule has 0 atom stereocenters. The number of ether oxygens (including phenoxy) is 2. The molecule has 0 amide bonds. The number of carbonyl (C=O) groups excluding carboxylic acids is 2. The molecule has 0 rings (SSSR count). The summed E-state index contributed by atoms with van der Waals surface area (Å²) in [4.78, 5) is 21.5. The van der Waals surface area contributed by atoms with Crippen LogP contribution in [0.3, 0.4) is 0 Å². The summed E-state index contributed by atoms with van der Waals surface area (Å²) in [5.41, 5.74) is 0. The van der Waals surface area contributed by atoms with Gasteiger partial charge < -0.3 is 9.47 Å². The predicted molar refractivity (Wildman–Crippen MR) is 155 cm³/mol. The van der Waals surface area contributed by atoms with Crippen molar-refractivity contribution in [2.75, 3.05) is 13.2 Å². The number of unbranched alkanes of at least 4 members (excludes halogenated alkanes) is 20. The van der Waals surface area contributed by atoms with Gasteiger partial charge in [0, 0.05) is 12.2 Å². The molecule has 0 aliphatic heterocycles. The Hall–Kier alpha value is -1.58. The first-order valence-corrected chi connectivity index (χ1v) is 15.2. The maximum atomic E-state index is 10.8. The van der Waals surface area contributed by atoms with Gasteiger partial charge in [-0.05, 0) is 12.8 Å². The molecule has 0 aromatic rings. The number of carbonyl (C=O) groups is 2. The zero-order valence-electron chi connectivity index (χ0n) is 24.2. The van der Waals surface area contributed by atoms with E-state index in [1.165, 1.54) is 141 Å². The van der Waals surface area contributed by atoms with E-state index in [4.69, 9.17) is 9.47 Å². The molecule has 36 heavy (non-hydrogen) atoms. The summed E-state index contributed by atoms with van der Waals surface area (Å²) in [5, 5.41) is 0. The van der Waals surface area contributed by atoms with E-state index < -0.39 is 0 Å². The van der Waals surface area contributed by atoms with E-state index in [0.717, 1.165) is 12.8 Å². The van der Waals surface area contributed by atoms with Gasteiger partial charge in [-0.15, -0.1) is 0 Å². The molecule has 0 aromatic carbocycles. The van der Waals surface area contributed by atoms with Crippen LogP contribution in [0.2, 0.25) is 0 Å². The number of hydrogen-bond donors (Lipinski definition) is 0. The minimum Gasteiger partial charge on any atom is -0.463 e. The molecule has 212 valence electrons. The maximum absolute atomic E-state index is 10.8. The quantitative estimate of drug-likeness (QED) is 0.0662. The average molecular weight is 509 g/mol. The van der Waals surface area contributed by atoms with Crippen LogP contribution in [0.5, 0.6) is 0 Å². The van der Waals surface area contributed by atoms with Gasteiger partial charge in [0.25, 0.3) is 0 Å². The van der Waals surface area contributed by atoms with Crippen LogP contribution in [0.1, 0.15) is 155 Å². The lowest BCUT2D eigenvalue weighted by molar-refractivity contribution is -0.138. The van der Waals surface area contributed by atoms with Crippen LogP contribution in [0.4, 0.5) is 0 Å². The summed E-state index contributed by atoms with van der Waals surface area (Å²) in [7, 11) is 0. The highest BCUT2D eigenvalue weighted by molar-refractivity contribution is 5.81. The second-order valence-corrected chi connectivity index (χ2v) is 9.81. The Morgan fingerprint density at radius 2 is 0.667 bits per heavy atom. The maximum Gasteiger partial charge on any atom is 0.330 e. The van der Waals surface area contributed by atoms with E-state index >= 15 is 0 Å². The van der Waals surface area contributed by atoms with Gasteiger partial charge in [-0.25, -0.2) is 9.59 Å². The third-order valence-electron chi connectivity index (χ3n) is 6.32. The van der Waals surface area contributed by atoms with Gasteiger partial charge in [0.05, 0.1) is 13.2 Å². The lowest BCUT2D eigenvalue weighted by atomic mass is 10.1. The molecule has 0 spiro atoms. The molecular formula is C32H60O4. The first-order valence-electron chi connectivity index (χ1n) is 15.2. The molecule has 0 aliphatic rings. The molecule has 0 aliphatic carbocycles. The summed E-state index contributed by atoms with van der Waals surface area (Å²) in [6.45, 7) is 12.3. The van der Waals surface area contributed by atoms with Crippen molar-refractivity contribution >= 4 is 11.9 Å². The van der Waals surface area contributed by atoms with Gasteiger partial charge in [0.15, 0.2) is 0 Å². The van der Waals surface area contributed by atoms with Crippen LogP contribution in [-0.2, 0) is 19.1 Å². The van der Waals surface area contributed by atoms with E-state index in [1.54, 1.807) is 0 Å². The van der Waals surface area contributed by atoms with Crippen molar-refractivity contribution in [1.82, 2.24) is 0 Å². The van der Waals surface area contributed by atoms with Crippen LogP contribution in [-0.4, -0.2) is 25.2 Å². The van der Waals surface area contributed by atoms with Crippen molar-refractivity contribution in [2.24, 2.45) is 0 Å². The van der Waals surface area contributed by atoms with Gasteiger partial charge in [-0.1, -0.05) is 155 Å². The smallest absolute Gasteiger partial charge is 0.330 e. The van der Waals surface area contributed by atoms with Crippen LogP contribution >= 0.6 is 0 Å². The fourth-order valence-corrected chi connectivity index (χ4v) is 4.00. The highest BCUT2D eigenvalue weighted by Gasteiger charge is 1.97. The Morgan fingerprint density at radius 3 is 0.889 bits per heavy atom. The Bertz CT molecular complexity index is 443. The first kappa shape index (κ1) is 36.6. The van der Waals surface area contributed by atoms with Crippen molar-refractivity contribution in [3.63, 3.8) is 0 Å². The van der Waals surface area contributed by atoms with Crippen molar-refractivity contribution in [1.29, 1.82) is 0 Å². The summed E-state index contributed by atoms with van der Waals surface area (Å²) < 4.78 is 9.83. The molecule has 0 radical (unpaired) electrons. The van der Waals surface area contributed by atoms with E-state index in [-0.39, 0.29) is 11.9 Å². The molecule has 0 unspecified atom stereocenters. The molecule has 0 aromatic heterocycles. The van der Waals surface area contributed by atoms with Crippen LogP contribution < -0.4 is 0 Å². The number of rotatable bonds is 26. The molecule has 0 N–H and O–H groups in total. The SMILES string of the molecule is C=CC(=O)OCCCCCCCCCCCCC.C=CC(=O)OCCCCCCCCCCCCC. The number of hydrogen-bond acceptors (Lipinski definition) is 4. The fourth-order valence-electron chi connectivity index (χ4n) is 4.00. The van der Waals surface area contributed by atoms with Crippen LogP contribution in [0.15, 0.2) is 25.3 Å². The predicted octanol–water partition coefficient (Wildman–Crippen LogP) is 10.1. The van der Waals surface area contributed by atoms with Crippen LogP contribution in [0, 0.1) is 0 Å². The first-order chi connectivity index (χ1) is 17.6. The van der Waals surface area contributed by atoms with Gasteiger partial charge in [0.2, 0.25) is 0 Å². The third kappa shape index (κ3) is 34.6. The second-order valence-electron chi connectivity index (χ2n) is 9.81. The monoisotopic (exact) mass is 508 g/mol. The Balaban J connectivity index is 0. The molecule has 0 saturated heterocycles. The molecule has 4 heteroatoms. The van der Waals surface area contributed by atoms with Gasteiger partial charge in [-0.3, -0.25) is 0 Å². The second kappa shape index (κ2) is 33.4. The van der Waals surface area contributed by atoms with E-state index in [9.17, 15) is 9.59 Å². The highest BCUT2D eigenvalue weighted by Crippen LogP contribution is 2.12. The van der Waals surface area contributed by atoms with Gasteiger partial charge in [-0.2, -0.15) is 0 Å². The van der Waals surface area contributed by atoms with Gasteiger partial charge in [0.1, 0.15) is 0 Å². The van der Waals surface area contributed by atoms with Crippen molar-refractivity contribution in [2.45, 2.75) is 155 Å². The number of esters is 2. The third-order valence-corrected chi connectivity index (χ3v) is 6.32. The molecule has 0 bridgehead atoms. The fraction of sp³-hybridized carbons (Fsp3) is 0.812. The summed E-state index contributed by atoms with van der Waals surface area (Å²) >= 11 is 0. The van der Waals surface area contributed by atoms with Gasteiger partial charge >= 0.3 is 11.9 Å². The van der Waals surface area contributed by atoms with Crippen molar-refractivity contribution in [3.8, 4) is 0 Å². The lowest BCUT2D eigenvalue weighted by Crippen LogP contribution is -2.01. The van der Waals surface area contributed by atoms with Crippen molar-refractivity contribution in [3.05, 3.63) is 25.3 Å². The van der Waals surface area contributed by atoms with Crippen LogP contribution in [0.25, 0.3) is 0 Å². The Morgan fingerprint density at radius 1 is 0.444 bits per heavy atom. The zero-order valence-corrected chi connectivity index (χ0v) is 24.2. The van der Waals surface area contributed by atoms with E-state index in [2.05, 4.69) is 27.0 Å². The zero-order chi connectivity index (χ0) is 27.0. The standard InChI is InChI=1S/2C16H30O2/c2*1-3-5-6-7-8-9-10-11-12-13-14-15-18-16(17)4-2/h2*4H,2-3,5-15H2,1H3. The molecular weight excluding hydrogens is 448 g/mol. The summed E-state index contributed by atoms with van der Waals surface area (Å²) in [6.07, 6.45) is 31.3. The topological polar surface area (TPSA) is 52.6 Å². The summed E-state index contributed by atoms with van der Waals surface area (Å²) in [5.74, 6) is -0.607. The minimum atomic E-state index is -0.304. The molecule has 0 saturated carbocycles. The van der Waals surface area contributed by atoms with E-state index in [1.807, 2.05) is 0 Å². The van der Waals surface area contributed by atoms with Crippen molar-refractivity contribution < 1.29 is 19.1 Å². The molecule has 4 nitrogen and oxygen atoms in total. The minimum absolute atomic E-state index is 0.304. The normalized spacial score (nSPS) is 10.3. The largest absolute Gasteiger partial charge is 0.463 e. The highest BCUT2D eigenvalue weighted by atomic mass is 16.5. The molecule has 0 fully saturated rings. The lowest BCUT2D eigenvalue weighted by Gasteiger charge is -2.03. The summed E-state index contributed by atoms with van der Waals surface area (Å²) in [6, 6.07) is 0. The molecule has 0 heterocycles.